The number of amides is 1. The lowest BCUT2D eigenvalue weighted by Crippen LogP contribution is -2.37. The summed E-state index contributed by atoms with van der Waals surface area (Å²) in [5.74, 6) is -0.532. The molecular formula is C21H23F3N2O2. The zero-order chi connectivity index (χ0) is 20.1. The highest BCUT2D eigenvalue weighted by molar-refractivity contribution is 5.77. The zero-order valence-corrected chi connectivity index (χ0v) is 15.4. The molecule has 0 aromatic heterocycles. The van der Waals surface area contributed by atoms with Crippen LogP contribution in [0.25, 0.3) is 0 Å². The van der Waals surface area contributed by atoms with E-state index in [-0.39, 0.29) is 19.0 Å². The molecule has 1 aliphatic rings. The van der Waals surface area contributed by atoms with E-state index in [1.165, 1.54) is 17.7 Å². The molecule has 0 bridgehead atoms. The van der Waals surface area contributed by atoms with Crippen LogP contribution in [0.3, 0.4) is 0 Å². The number of carbonyl (C=O) groups excluding carboxylic acids is 1. The Morgan fingerprint density at radius 1 is 1.11 bits per heavy atom. The summed E-state index contributed by atoms with van der Waals surface area (Å²) < 4.78 is 37.8. The fourth-order valence-corrected chi connectivity index (χ4v) is 3.57. The first kappa shape index (κ1) is 20.4. The molecule has 0 radical (unpaired) electrons. The lowest BCUT2D eigenvalue weighted by atomic mass is 10.0. The smallest absolute Gasteiger partial charge is 0.294 e. The molecule has 7 heteroatoms. The molecule has 0 aliphatic carbocycles. The van der Waals surface area contributed by atoms with Gasteiger partial charge in [0, 0.05) is 12.6 Å². The van der Waals surface area contributed by atoms with Gasteiger partial charge in [0.2, 0.25) is 5.91 Å². The SMILES string of the molecule is O=C(Cc1ccc(C(F)(F)F)cc1)N(O)CCN1CCCC1c1ccccc1. The largest absolute Gasteiger partial charge is 0.416 e. The molecule has 0 spiro atoms. The zero-order valence-electron chi connectivity index (χ0n) is 15.4. The lowest BCUT2D eigenvalue weighted by molar-refractivity contribution is -0.165. The predicted octanol–water partition coefficient (Wildman–Crippen LogP) is 4.30. The van der Waals surface area contributed by atoms with Gasteiger partial charge in [-0.3, -0.25) is 14.9 Å². The van der Waals surface area contributed by atoms with Crippen LogP contribution in [-0.2, 0) is 17.4 Å². The summed E-state index contributed by atoms with van der Waals surface area (Å²) in [7, 11) is 0. The van der Waals surface area contributed by atoms with Crippen LogP contribution in [0.5, 0.6) is 0 Å². The quantitative estimate of drug-likeness (QED) is 0.589. The van der Waals surface area contributed by atoms with Gasteiger partial charge in [-0.2, -0.15) is 13.2 Å². The maximum atomic E-state index is 12.6. The summed E-state index contributed by atoms with van der Waals surface area (Å²) in [4.78, 5) is 14.4. The number of hydroxylamine groups is 2. The van der Waals surface area contributed by atoms with E-state index in [0.717, 1.165) is 31.5 Å². The second-order valence-electron chi connectivity index (χ2n) is 6.99. The number of rotatable bonds is 6. The Bertz CT molecular complexity index is 778. The average molecular weight is 392 g/mol. The van der Waals surface area contributed by atoms with Gasteiger partial charge in [-0.05, 0) is 42.6 Å². The van der Waals surface area contributed by atoms with Crippen LogP contribution >= 0.6 is 0 Å². The number of halogens is 3. The van der Waals surface area contributed by atoms with Gasteiger partial charge in [0.15, 0.2) is 0 Å². The number of benzene rings is 2. The highest BCUT2D eigenvalue weighted by Gasteiger charge is 2.30. The van der Waals surface area contributed by atoms with Crippen molar-refractivity contribution in [1.82, 2.24) is 9.96 Å². The van der Waals surface area contributed by atoms with Crippen molar-refractivity contribution in [3.63, 3.8) is 0 Å². The standard InChI is InChI=1S/C21H23F3N2O2/c22-21(23,24)18-10-8-16(9-11-18)15-20(27)26(28)14-13-25-12-4-7-19(25)17-5-2-1-3-6-17/h1-3,5-6,8-11,19,28H,4,7,12-15H2. The van der Waals surface area contributed by atoms with Crippen LogP contribution < -0.4 is 0 Å². The molecule has 1 unspecified atom stereocenters. The van der Waals surface area contributed by atoms with Crippen LogP contribution in [0.4, 0.5) is 13.2 Å². The minimum absolute atomic E-state index is 0.142. The summed E-state index contributed by atoms with van der Waals surface area (Å²) in [5.41, 5.74) is 0.895. The first-order valence-corrected chi connectivity index (χ1v) is 9.29. The van der Waals surface area contributed by atoms with Gasteiger partial charge in [0.05, 0.1) is 18.5 Å². The Kier molecular flexibility index (Phi) is 6.36. The molecule has 2 aromatic rings. The van der Waals surface area contributed by atoms with E-state index >= 15 is 0 Å². The number of hydrogen-bond acceptors (Lipinski definition) is 3. The van der Waals surface area contributed by atoms with Crippen molar-refractivity contribution in [2.45, 2.75) is 31.5 Å². The third-order valence-electron chi connectivity index (χ3n) is 5.07. The van der Waals surface area contributed by atoms with Crippen LogP contribution in [0.15, 0.2) is 54.6 Å². The van der Waals surface area contributed by atoms with Crippen molar-refractivity contribution >= 4 is 5.91 Å². The van der Waals surface area contributed by atoms with E-state index in [2.05, 4.69) is 17.0 Å². The summed E-state index contributed by atoms with van der Waals surface area (Å²) >= 11 is 0. The summed E-state index contributed by atoms with van der Waals surface area (Å²) in [6.07, 6.45) is -2.45. The molecule has 28 heavy (non-hydrogen) atoms. The minimum atomic E-state index is -4.41. The predicted molar refractivity (Wildman–Crippen MR) is 98.6 cm³/mol. The minimum Gasteiger partial charge on any atom is -0.294 e. The van der Waals surface area contributed by atoms with Gasteiger partial charge in [0.25, 0.3) is 0 Å². The maximum absolute atomic E-state index is 12.6. The first-order chi connectivity index (χ1) is 13.3. The number of nitrogens with zero attached hydrogens (tertiary/aromatic N) is 2. The van der Waals surface area contributed by atoms with Crippen LogP contribution in [0.1, 0.15) is 35.6 Å². The van der Waals surface area contributed by atoms with E-state index in [9.17, 15) is 23.2 Å². The highest BCUT2D eigenvalue weighted by atomic mass is 19.4. The molecule has 1 fully saturated rings. The molecule has 1 atom stereocenters. The van der Waals surface area contributed by atoms with Crippen molar-refractivity contribution in [3.05, 3.63) is 71.3 Å². The Balaban J connectivity index is 1.51. The third-order valence-corrected chi connectivity index (χ3v) is 5.07. The van der Waals surface area contributed by atoms with Crippen LogP contribution in [0, 0.1) is 0 Å². The number of likely N-dealkylation sites (tertiary alicyclic amines) is 1. The van der Waals surface area contributed by atoms with Crippen molar-refractivity contribution < 1.29 is 23.2 Å². The van der Waals surface area contributed by atoms with Crippen LogP contribution in [0.2, 0.25) is 0 Å². The summed E-state index contributed by atoms with van der Waals surface area (Å²) in [6.45, 7) is 1.60. The second-order valence-corrected chi connectivity index (χ2v) is 6.99. The molecule has 2 aromatic carbocycles. The van der Waals surface area contributed by atoms with E-state index in [0.29, 0.717) is 17.2 Å². The third kappa shape index (κ3) is 5.11. The Morgan fingerprint density at radius 3 is 2.43 bits per heavy atom. The van der Waals surface area contributed by atoms with Gasteiger partial charge in [0.1, 0.15) is 0 Å². The first-order valence-electron chi connectivity index (χ1n) is 9.29. The molecule has 4 nitrogen and oxygen atoms in total. The summed E-state index contributed by atoms with van der Waals surface area (Å²) in [5, 5.41) is 10.7. The normalized spacial score (nSPS) is 17.6. The Hall–Kier alpha value is -2.38. The average Bonchev–Trinajstić information content (AvgIpc) is 3.15. The van der Waals surface area contributed by atoms with Gasteiger partial charge in [-0.1, -0.05) is 42.5 Å². The Labute approximate surface area is 162 Å². The van der Waals surface area contributed by atoms with Crippen molar-refractivity contribution in [3.8, 4) is 0 Å². The van der Waals surface area contributed by atoms with Crippen molar-refractivity contribution in [1.29, 1.82) is 0 Å². The maximum Gasteiger partial charge on any atom is 0.416 e. The molecule has 1 heterocycles. The molecule has 1 saturated heterocycles. The van der Waals surface area contributed by atoms with Crippen molar-refractivity contribution in [2.24, 2.45) is 0 Å². The van der Waals surface area contributed by atoms with Gasteiger partial charge < -0.3 is 0 Å². The molecule has 1 amide bonds. The molecule has 150 valence electrons. The monoisotopic (exact) mass is 392 g/mol. The van der Waals surface area contributed by atoms with Gasteiger partial charge in [-0.15, -0.1) is 0 Å². The second kappa shape index (κ2) is 8.75. The number of carbonyl (C=O) groups is 1. The van der Waals surface area contributed by atoms with Crippen LogP contribution in [-0.4, -0.2) is 40.7 Å². The van der Waals surface area contributed by atoms with E-state index in [1.54, 1.807) is 0 Å². The highest BCUT2D eigenvalue weighted by Crippen LogP contribution is 2.31. The molecule has 1 N–H and O–H groups in total. The number of alkyl halides is 3. The van der Waals surface area contributed by atoms with Gasteiger partial charge >= 0.3 is 6.18 Å². The molecule has 0 saturated carbocycles. The van der Waals surface area contributed by atoms with E-state index in [4.69, 9.17) is 0 Å². The summed E-state index contributed by atoms with van der Waals surface area (Å²) in [6, 6.07) is 14.8. The van der Waals surface area contributed by atoms with Gasteiger partial charge in [-0.25, -0.2) is 5.06 Å². The molecule has 1 aliphatic heterocycles. The van der Waals surface area contributed by atoms with Crippen molar-refractivity contribution in [2.75, 3.05) is 19.6 Å². The van der Waals surface area contributed by atoms with E-state index < -0.39 is 17.6 Å². The molecule has 3 rings (SSSR count). The Morgan fingerprint density at radius 2 is 1.79 bits per heavy atom. The molecular weight excluding hydrogens is 369 g/mol. The fraction of sp³-hybridized carbons (Fsp3) is 0.381. The topological polar surface area (TPSA) is 43.8 Å². The number of hydrogen-bond donors (Lipinski definition) is 1. The fourth-order valence-electron chi connectivity index (χ4n) is 3.57. The lowest BCUT2D eigenvalue weighted by Gasteiger charge is -2.26. The van der Waals surface area contributed by atoms with E-state index in [1.807, 2.05) is 18.2 Å².